The highest BCUT2D eigenvalue weighted by Gasteiger charge is 2.18. The molecule has 19 heavy (non-hydrogen) atoms. The monoisotopic (exact) mass is 250 g/mol. The van der Waals surface area contributed by atoms with E-state index in [0.717, 1.165) is 11.6 Å². The van der Waals surface area contributed by atoms with Gasteiger partial charge in [0.1, 0.15) is 11.6 Å². The number of aryl methyl sites for hydroxylation is 1. The minimum absolute atomic E-state index is 0.0952. The quantitative estimate of drug-likeness (QED) is 0.762. The van der Waals surface area contributed by atoms with Crippen LogP contribution in [0.15, 0.2) is 30.3 Å². The van der Waals surface area contributed by atoms with Crippen LogP contribution in [0.25, 0.3) is 11.1 Å². The van der Waals surface area contributed by atoms with Gasteiger partial charge in [0.25, 0.3) is 0 Å². The van der Waals surface area contributed by atoms with Crippen LogP contribution in [0.3, 0.4) is 0 Å². The first kappa shape index (κ1) is 12.5. The minimum atomic E-state index is -0.502. The number of nitrogens with zero attached hydrogens (tertiary/aromatic N) is 2. The molecule has 0 fully saturated rings. The second kappa shape index (κ2) is 4.72. The van der Waals surface area contributed by atoms with E-state index in [1.54, 1.807) is 12.1 Å². The predicted molar refractivity (Wildman–Crippen MR) is 69.4 cm³/mol. The maximum Gasteiger partial charge on any atom is 0.176 e. The van der Waals surface area contributed by atoms with E-state index in [4.69, 9.17) is 10.5 Å². The number of benzene rings is 2. The summed E-state index contributed by atoms with van der Waals surface area (Å²) >= 11 is 0. The lowest BCUT2D eigenvalue weighted by Crippen LogP contribution is -1.92. The Morgan fingerprint density at radius 1 is 1.05 bits per heavy atom. The van der Waals surface area contributed by atoms with Crippen molar-refractivity contribution in [1.82, 2.24) is 0 Å². The van der Waals surface area contributed by atoms with E-state index >= 15 is 0 Å². The van der Waals surface area contributed by atoms with Crippen molar-refractivity contribution in [2.75, 3.05) is 0 Å². The first-order chi connectivity index (χ1) is 9.08. The second-order valence-corrected chi connectivity index (χ2v) is 4.13. The van der Waals surface area contributed by atoms with Gasteiger partial charge in [-0.15, -0.1) is 0 Å². The molecule has 0 aliphatic rings. The van der Waals surface area contributed by atoms with Gasteiger partial charge < -0.3 is 10.2 Å². The first-order valence-electron chi connectivity index (χ1n) is 5.54. The van der Waals surface area contributed by atoms with Crippen LogP contribution in [0.4, 0.5) is 0 Å². The van der Waals surface area contributed by atoms with Crippen LogP contribution in [0.1, 0.15) is 16.7 Å². The summed E-state index contributed by atoms with van der Waals surface area (Å²) < 4.78 is 0. The summed E-state index contributed by atoms with van der Waals surface area (Å²) in [5.41, 5.74) is 2.02. The highest BCUT2D eigenvalue weighted by molar-refractivity contribution is 5.81. The normalized spacial score (nSPS) is 9.63. The van der Waals surface area contributed by atoms with Crippen LogP contribution < -0.4 is 0 Å². The van der Waals surface area contributed by atoms with Crippen molar-refractivity contribution in [2.24, 2.45) is 0 Å². The molecule has 2 aromatic carbocycles. The number of nitriles is 2. The fourth-order valence-corrected chi connectivity index (χ4v) is 1.96. The molecule has 92 valence electrons. The van der Waals surface area contributed by atoms with Gasteiger partial charge in [0, 0.05) is 11.6 Å². The smallest absolute Gasteiger partial charge is 0.176 e. The highest BCUT2D eigenvalue weighted by Crippen LogP contribution is 2.39. The molecule has 2 aromatic rings. The maximum atomic E-state index is 9.75. The Morgan fingerprint density at radius 3 is 2.37 bits per heavy atom. The summed E-state index contributed by atoms with van der Waals surface area (Å²) in [6, 6.07) is 12.2. The van der Waals surface area contributed by atoms with Crippen LogP contribution in [0.2, 0.25) is 0 Å². The molecule has 0 aliphatic heterocycles. The third-order valence-corrected chi connectivity index (χ3v) is 2.82. The van der Waals surface area contributed by atoms with E-state index < -0.39 is 11.5 Å². The Balaban J connectivity index is 2.87. The van der Waals surface area contributed by atoms with Crippen molar-refractivity contribution >= 4 is 0 Å². The first-order valence-corrected chi connectivity index (χ1v) is 5.54. The molecule has 0 aromatic heterocycles. The van der Waals surface area contributed by atoms with Gasteiger partial charge in [-0.2, -0.15) is 10.5 Å². The van der Waals surface area contributed by atoms with Gasteiger partial charge in [-0.1, -0.05) is 29.8 Å². The minimum Gasteiger partial charge on any atom is -0.504 e. The zero-order chi connectivity index (χ0) is 14.0. The molecule has 2 N–H and O–H groups in total. The summed E-state index contributed by atoms with van der Waals surface area (Å²) in [6.07, 6.45) is 0. The van der Waals surface area contributed by atoms with Crippen LogP contribution in [0, 0.1) is 29.6 Å². The number of aromatic hydroxyl groups is 2. The largest absolute Gasteiger partial charge is 0.504 e. The van der Waals surface area contributed by atoms with E-state index in [0.29, 0.717) is 11.1 Å². The van der Waals surface area contributed by atoms with E-state index in [1.807, 2.05) is 31.2 Å². The number of phenolic OH excluding ortho intramolecular Hbond substituents is 2. The van der Waals surface area contributed by atoms with E-state index in [9.17, 15) is 10.2 Å². The van der Waals surface area contributed by atoms with Crippen LogP contribution >= 0.6 is 0 Å². The summed E-state index contributed by atoms with van der Waals surface area (Å²) in [7, 11) is 0. The molecule has 0 bridgehead atoms. The van der Waals surface area contributed by atoms with Gasteiger partial charge in [0.2, 0.25) is 0 Å². The van der Waals surface area contributed by atoms with Gasteiger partial charge in [-0.3, -0.25) is 0 Å². The number of rotatable bonds is 1. The van der Waals surface area contributed by atoms with Crippen molar-refractivity contribution in [3.63, 3.8) is 0 Å². The molecule has 2 rings (SSSR count). The Kier molecular flexibility index (Phi) is 3.10. The van der Waals surface area contributed by atoms with Crippen molar-refractivity contribution in [2.45, 2.75) is 6.92 Å². The van der Waals surface area contributed by atoms with Gasteiger partial charge >= 0.3 is 0 Å². The fourth-order valence-electron chi connectivity index (χ4n) is 1.96. The SMILES string of the molecule is Cc1cccc(-c2c(C#N)cc(O)c(O)c2C#N)c1. The molecule has 0 heterocycles. The average molecular weight is 250 g/mol. The van der Waals surface area contributed by atoms with E-state index in [2.05, 4.69) is 0 Å². The molecule has 0 saturated heterocycles. The van der Waals surface area contributed by atoms with Crippen LogP contribution in [-0.4, -0.2) is 10.2 Å². The molecule has 0 atom stereocenters. The van der Waals surface area contributed by atoms with Crippen LogP contribution in [0.5, 0.6) is 11.5 Å². The molecule has 0 spiro atoms. The highest BCUT2D eigenvalue weighted by atomic mass is 16.3. The van der Waals surface area contributed by atoms with Crippen molar-refractivity contribution in [3.8, 4) is 34.8 Å². The van der Waals surface area contributed by atoms with Crippen LogP contribution in [-0.2, 0) is 0 Å². The third-order valence-electron chi connectivity index (χ3n) is 2.82. The fraction of sp³-hybridized carbons (Fsp3) is 0.0667. The third kappa shape index (κ3) is 2.08. The summed E-state index contributed by atoms with van der Waals surface area (Å²) in [4.78, 5) is 0. The lowest BCUT2D eigenvalue weighted by atomic mass is 9.93. The average Bonchev–Trinajstić information content (AvgIpc) is 2.41. The topological polar surface area (TPSA) is 88.0 Å². The molecule has 0 radical (unpaired) electrons. The maximum absolute atomic E-state index is 9.75. The van der Waals surface area contributed by atoms with E-state index in [1.165, 1.54) is 0 Å². The van der Waals surface area contributed by atoms with Gasteiger partial charge in [-0.25, -0.2) is 0 Å². The lowest BCUT2D eigenvalue weighted by molar-refractivity contribution is 0.402. The Bertz CT molecular complexity index is 737. The number of phenols is 2. The molecule has 0 saturated carbocycles. The molecule has 0 aliphatic carbocycles. The second-order valence-electron chi connectivity index (χ2n) is 4.13. The zero-order valence-corrected chi connectivity index (χ0v) is 10.2. The summed E-state index contributed by atoms with van der Waals surface area (Å²) in [6.45, 7) is 1.89. The molecule has 0 unspecified atom stereocenters. The standard InChI is InChI=1S/C15H10N2O2/c1-9-3-2-4-10(5-9)14-11(7-16)6-13(18)15(19)12(14)8-17/h2-6,18-19H,1H3. The Morgan fingerprint density at radius 2 is 1.79 bits per heavy atom. The van der Waals surface area contributed by atoms with E-state index in [-0.39, 0.29) is 11.1 Å². The Hall–Kier alpha value is -2.98. The molecular formula is C15H10N2O2. The molecule has 0 amide bonds. The Labute approximate surface area is 110 Å². The van der Waals surface area contributed by atoms with Gasteiger partial charge in [0.05, 0.1) is 11.6 Å². The molecule has 4 heteroatoms. The van der Waals surface area contributed by atoms with Gasteiger partial charge in [0.15, 0.2) is 11.5 Å². The molecular weight excluding hydrogens is 240 g/mol. The van der Waals surface area contributed by atoms with Crippen molar-refractivity contribution in [3.05, 3.63) is 47.0 Å². The summed E-state index contributed by atoms with van der Waals surface area (Å²) in [5.74, 6) is -0.970. The van der Waals surface area contributed by atoms with Crippen molar-refractivity contribution < 1.29 is 10.2 Å². The predicted octanol–water partition coefficient (Wildman–Crippen LogP) is 2.82. The van der Waals surface area contributed by atoms with Gasteiger partial charge in [-0.05, 0) is 12.5 Å². The molecule has 4 nitrogen and oxygen atoms in total. The summed E-state index contributed by atoms with van der Waals surface area (Å²) in [5, 5.41) is 37.5. The number of hydrogen-bond acceptors (Lipinski definition) is 4. The zero-order valence-electron chi connectivity index (χ0n) is 10.2. The number of hydrogen-bond donors (Lipinski definition) is 2. The lowest BCUT2D eigenvalue weighted by Gasteiger charge is -2.10. The van der Waals surface area contributed by atoms with Crippen molar-refractivity contribution in [1.29, 1.82) is 10.5 Å².